The van der Waals surface area contributed by atoms with Crippen LogP contribution in [0.5, 0.6) is 0 Å². The number of rotatable bonds is 6. The van der Waals surface area contributed by atoms with Gasteiger partial charge in [-0.05, 0) is 32.4 Å². The minimum absolute atomic E-state index is 0.243. The van der Waals surface area contributed by atoms with Gasteiger partial charge < -0.3 is 20.8 Å². The molecule has 0 aliphatic carbocycles. The number of carboxylic acid groups (broad SMARTS) is 1. The fraction of sp³-hybridized carbons (Fsp3) is 0.833. The van der Waals surface area contributed by atoms with E-state index < -0.39 is 24.0 Å². The number of aliphatic hydroxyl groups is 1. The number of amides is 1. The maximum Gasteiger partial charge on any atom is 0.328 e. The molecule has 1 fully saturated rings. The Labute approximate surface area is 107 Å². The van der Waals surface area contributed by atoms with E-state index in [1.807, 2.05) is 6.92 Å². The number of hydrogen-bond acceptors (Lipinski definition) is 4. The second-order valence-electron chi connectivity index (χ2n) is 4.83. The van der Waals surface area contributed by atoms with Crippen molar-refractivity contribution in [3.05, 3.63) is 0 Å². The summed E-state index contributed by atoms with van der Waals surface area (Å²) in [4.78, 5) is 23.1. The summed E-state index contributed by atoms with van der Waals surface area (Å²) < 4.78 is 0. The SMILES string of the molecule is CCCC1(C(=O)NC(CO)C(=O)O)CCNCC1. The fourth-order valence-electron chi connectivity index (χ4n) is 2.47. The van der Waals surface area contributed by atoms with Gasteiger partial charge in [0.05, 0.1) is 12.0 Å². The summed E-state index contributed by atoms with van der Waals surface area (Å²) >= 11 is 0. The Morgan fingerprint density at radius 2 is 2.00 bits per heavy atom. The summed E-state index contributed by atoms with van der Waals surface area (Å²) in [5.74, 6) is -1.45. The van der Waals surface area contributed by atoms with E-state index in [4.69, 9.17) is 10.2 Å². The van der Waals surface area contributed by atoms with Crippen molar-refractivity contribution in [1.29, 1.82) is 0 Å². The third kappa shape index (κ3) is 3.43. The van der Waals surface area contributed by atoms with Gasteiger partial charge in [0, 0.05) is 0 Å². The van der Waals surface area contributed by atoms with Crippen molar-refractivity contribution in [3.63, 3.8) is 0 Å². The van der Waals surface area contributed by atoms with Crippen LogP contribution in [0.1, 0.15) is 32.6 Å². The van der Waals surface area contributed by atoms with Crippen LogP contribution in [0.25, 0.3) is 0 Å². The number of carbonyl (C=O) groups excluding carboxylic acids is 1. The predicted octanol–water partition coefficient (Wildman–Crippen LogP) is -0.282. The molecule has 1 unspecified atom stereocenters. The van der Waals surface area contributed by atoms with Crippen LogP contribution in [-0.2, 0) is 9.59 Å². The maximum absolute atomic E-state index is 12.3. The van der Waals surface area contributed by atoms with Gasteiger partial charge in [0.1, 0.15) is 6.04 Å². The third-order valence-corrected chi connectivity index (χ3v) is 3.56. The van der Waals surface area contributed by atoms with Crippen molar-refractivity contribution in [2.24, 2.45) is 5.41 Å². The van der Waals surface area contributed by atoms with Gasteiger partial charge in [-0.3, -0.25) is 4.79 Å². The largest absolute Gasteiger partial charge is 0.480 e. The van der Waals surface area contributed by atoms with Crippen LogP contribution < -0.4 is 10.6 Å². The molecule has 0 bridgehead atoms. The van der Waals surface area contributed by atoms with Crippen molar-refractivity contribution >= 4 is 11.9 Å². The second kappa shape index (κ2) is 6.70. The zero-order chi connectivity index (χ0) is 13.6. The molecule has 0 aromatic carbocycles. The highest BCUT2D eigenvalue weighted by Crippen LogP contribution is 2.34. The first-order chi connectivity index (χ1) is 8.55. The van der Waals surface area contributed by atoms with Crippen LogP contribution in [0.2, 0.25) is 0 Å². The number of nitrogens with one attached hydrogen (secondary N) is 2. The highest BCUT2D eigenvalue weighted by Gasteiger charge is 2.39. The molecule has 1 aliphatic rings. The van der Waals surface area contributed by atoms with Crippen molar-refractivity contribution < 1.29 is 19.8 Å². The van der Waals surface area contributed by atoms with Crippen molar-refractivity contribution in [2.75, 3.05) is 19.7 Å². The molecule has 0 spiro atoms. The zero-order valence-electron chi connectivity index (χ0n) is 10.7. The van der Waals surface area contributed by atoms with Gasteiger partial charge in [-0.15, -0.1) is 0 Å². The molecule has 0 aromatic heterocycles. The summed E-state index contributed by atoms with van der Waals surface area (Å²) in [5.41, 5.74) is -0.483. The van der Waals surface area contributed by atoms with E-state index in [1.165, 1.54) is 0 Å². The van der Waals surface area contributed by atoms with E-state index in [2.05, 4.69) is 10.6 Å². The molecule has 1 heterocycles. The fourth-order valence-corrected chi connectivity index (χ4v) is 2.47. The Kier molecular flexibility index (Phi) is 5.55. The van der Waals surface area contributed by atoms with E-state index in [9.17, 15) is 9.59 Å². The zero-order valence-corrected chi connectivity index (χ0v) is 10.7. The first kappa shape index (κ1) is 14.9. The van der Waals surface area contributed by atoms with Crippen molar-refractivity contribution in [1.82, 2.24) is 10.6 Å². The van der Waals surface area contributed by atoms with Gasteiger partial charge in [-0.1, -0.05) is 13.3 Å². The number of hydrogen-bond donors (Lipinski definition) is 4. The van der Waals surface area contributed by atoms with Gasteiger partial charge in [-0.2, -0.15) is 0 Å². The van der Waals surface area contributed by atoms with Crippen LogP contribution in [-0.4, -0.2) is 47.8 Å². The molecule has 0 saturated carbocycles. The van der Waals surface area contributed by atoms with E-state index in [0.717, 1.165) is 25.9 Å². The molecule has 0 aromatic rings. The van der Waals surface area contributed by atoms with E-state index >= 15 is 0 Å². The highest BCUT2D eigenvalue weighted by molar-refractivity contribution is 5.87. The number of carboxylic acids is 1. The molecule has 1 atom stereocenters. The third-order valence-electron chi connectivity index (χ3n) is 3.56. The number of carbonyl (C=O) groups is 2. The number of aliphatic carboxylic acids is 1. The minimum atomic E-state index is -1.21. The summed E-state index contributed by atoms with van der Waals surface area (Å²) in [6.07, 6.45) is 3.05. The Balaban J connectivity index is 2.73. The van der Waals surface area contributed by atoms with Crippen LogP contribution in [0.15, 0.2) is 0 Å². The van der Waals surface area contributed by atoms with Crippen molar-refractivity contribution in [3.8, 4) is 0 Å². The monoisotopic (exact) mass is 258 g/mol. The standard InChI is InChI=1S/C12H22N2O4/c1-2-3-12(4-6-13-7-5-12)11(18)14-9(8-15)10(16)17/h9,13,15H,2-8H2,1H3,(H,14,18)(H,16,17). The Hall–Kier alpha value is -1.14. The van der Waals surface area contributed by atoms with Crippen molar-refractivity contribution in [2.45, 2.75) is 38.6 Å². The van der Waals surface area contributed by atoms with Gasteiger partial charge in [0.2, 0.25) is 5.91 Å². The molecule has 1 amide bonds. The lowest BCUT2D eigenvalue weighted by Crippen LogP contribution is -2.53. The Morgan fingerprint density at radius 3 is 2.44 bits per heavy atom. The van der Waals surface area contributed by atoms with E-state index in [-0.39, 0.29) is 5.91 Å². The summed E-state index contributed by atoms with van der Waals surface area (Å²) in [6.45, 7) is 2.97. The summed E-state index contributed by atoms with van der Waals surface area (Å²) in [5, 5.41) is 23.4. The van der Waals surface area contributed by atoms with Crippen LogP contribution in [0.3, 0.4) is 0 Å². The topological polar surface area (TPSA) is 98.7 Å². The second-order valence-corrected chi connectivity index (χ2v) is 4.83. The van der Waals surface area contributed by atoms with Gasteiger partial charge in [0.25, 0.3) is 0 Å². The molecule has 1 saturated heterocycles. The molecule has 6 heteroatoms. The molecular formula is C12H22N2O4. The lowest BCUT2D eigenvalue weighted by atomic mass is 9.74. The first-order valence-corrected chi connectivity index (χ1v) is 6.41. The molecule has 0 radical (unpaired) electrons. The Morgan fingerprint density at radius 1 is 1.39 bits per heavy atom. The van der Waals surface area contributed by atoms with Gasteiger partial charge >= 0.3 is 5.97 Å². The van der Waals surface area contributed by atoms with Gasteiger partial charge in [-0.25, -0.2) is 4.79 Å². The quantitative estimate of drug-likeness (QED) is 0.525. The average Bonchev–Trinajstić information content (AvgIpc) is 2.36. The molecule has 18 heavy (non-hydrogen) atoms. The van der Waals surface area contributed by atoms with E-state index in [1.54, 1.807) is 0 Å². The smallest absolute Gasteiger partial charge is 0.328 e. The summed E-state index contributed by atoms with van der Waals surface area (Å²) in [7, 11) is 0. The molecular weight excluding hydrogens is 236 g/mol. The number of piperidine rings is 1. The molecule has 6 nitrogen and oxygen atoms in total. The maximum atomic E-state index is 12.3. The average molecular weight is 258 g/mol. The lowest BCUT2D eigenvalue weighted by molar-refractivity contribution is -0.145. The van der Waals surface area contributed by atoms with Crippen LogP contribution >= 0.6 is 0 Å². The minimum Gasteiger partial charge on any atom is -0.480 e. The highest BCUT2D eigenvalue weighted by atomic mass is 16.4. The van der Waals surface area contributed by atoms with E-state index in [0.29, 0.717) is 12.8 Å². The normalized spacial score (nSPS) is 20.1. The van der Waals surface area contributed by atoms with Crippen LogP contribution in [0.4, 0.5) is 0 Å². The Bertz CT molecular complexity index is 295. The first-order valence-electron chi connectivity index (χ1n) is 6.41. The lowest BCUT2D eigenvalue weighted by Gasteiger charge is -2.36. The van der Waals surface area contributed by atoms with Crippen LogP contribution in [0, 0.1) is 5.41 Å². The molecule has 1 rings (SSSR count). The predicted molar refractivity (Wildman–Crippen MR) is 66.1 cm³/mol. The number of aliphatic hydroxyl groups excluding tert-OH is 1. The molecule has 104 valence electrons. The summed E-state index contributed by atoms with van der Waals surface area (Å²) in [6, 6.07) is -1.21. The molecule has 4 N–H and O–H groups in total. The van der Waals surface area contributed by atoms with Gasteiger partial charge in [0.15, 0.2) is 0 Å². The molecule has 1 aliphatic heterocycles.